The molecule has 0 amide bonds. The summed E-state index contributed by atoms with van der Waals surface area (Å²) in [5.74, 6) is 0.192. The number of aliphatic carboxylic acids is 1. The molecule has 4 aromatic heterocycles. The van der Waals surface area contributed by atoms with E-state index in [2.05, 4.69) is 29.9 Å². The van der Waals surface area contributed by atoms with E-state index in [0.717, 1.165) is 5.56 Å². The van der Waals surface area contributed by atoms with Crippen LogP contribution in [0.25, 0.3) is 22.8 Å². The third-order valence-electron chi connectivity index (χ3n) is 4.06. The van der Waals surface area contributed by atoms with Crippen molar-refractivity contribution in [3.63, 3.8) is 0 Å². The molecule has 4 rings (SSSR count). The van der Waals surface area contributed by atoms with Gasteiger partial charge in [-0.05, 0) is 5.56 Å². The molecule has 0 saturated carbocycles. The molecule has 0 aliphatic carbocycles. The Bertz CT molecular complexity index is 1210. The van der Waals surface area contributed by atoms with Gasteiger partial charge >= 0.3 is 11.7 Å². The van der Waals surface area contributed by atoms with Gasteiger partial charge in [-0.1, -0.05) is 6.07 Å². The third-order valence-corrected chi connectivity index (χ3v) is 4.06. The molecule has 4 heterocycles. The molecule has 0 atom stereocenters. The highest BCUT2D eigenvalue weighted by atomic mass is 16.5. The average molecular weight is 396 g/mol. The number of hydrogen-bond donors (Lipinski definition) is 4. The number of fused-ring (bicyclic) bond motifs is 1. The molecular weight excluding hydrogens is 380 g/mol. The van der Waals surface area contributed by atoms with Gasteiger partial charge in [-0.2, -0.15) is 0 Å². The number of carboxylic acid groups (broad SMARTS) is 1. The molecule has 0 saturated heterocycles. The van der Waals surface area contributed by atoms with Crippen molar-refractivity contribution in [1.29, 1.82) is 0 Å². The number of nitrogens with two attached hydrogens (primary N) is 1. The van der Waals surface area contributed by atoms with Gasteiger partial charge in [-0.3, -0.25) is 9.36 Å². The Morgan fingerprint density at radius 2 is 2.14 bits per heavy atom. The zero-order valence-corrected chi connectivity index (χ0v) is 15.0. The summed E-state index contributed by atoms with van der Waals surface area (Å²) in [4.78, 5) is 45.3. The number of carbonyl (C=O) groups is 1. The highest BCUT2D eigenvalue weighted by Gasteiger charge is 2.16. The summed E-state index contributed by atoms with van der Waals surface area (Å²) in [6.07, 6.45) is 4.62. The minimum absolute atomic E-state index is 0.0232. The first kappa shape index (κ1) is 18.2. The van der Waals surface area contributed by atoms with Crippen molar-refractivity contribution in [2.24, 2.45) is 0 Å². The fourth-order valence-corrected chi connectivity index (χ4v) is 2.71. The van der Waals surface area contributed by atoms with Crippen molar-refractivity contribution in [2.75, 3.05) is 12.3 Å². The molecule has 0 aromatic carbocycles. The van der Waals surface area contributed by atoms with Crippen LogP contribution in [0.15, 0.2) is 35.5 Å². The van der Waals surface area contributed by atoms with Crippen LogP contribution in [0.5, 0.6) is 5.88 Å². The summed E-state index contributed by atoms with van der Waals surface area (Å²) in [6.45, 7) is 0.213. The van der Waals surface area contributed by atoms with Gasteiger partial charge < -0.3 is 25.5 Å². The number of aromatic nitrogens is 7. The standard InChI is InChI=1S/C17H16N8O4/c18-13-12-16(24-15(23-13)14-19-4-5-20-14)25(17(28)22-12)8-9-1-2-10(21-7-9)29-6-3-11(26)27/h1-2,4-5,7H,3,6,8H2,(H,19,20)(H,22,28)(H,26,27)(H2,18,23,24). The number of aromatic amines is 2. The van der Waals surface area contributed by atoms with Crippen molar-refractivity contribution in [3.05, 3.63) is 46.8 Å². The number of H-pyrrole nitrogens is 2. The zero-order valence-electron chi connectivity index (χ0n) is 15.0. The molecule has 5 N–H and O–H groups in total. The molecule has 0 radical (unpaired) electrons. The predicted molar refractivity (Wildman–Crippen MR) is 101 cm³/mol. The molecule has 148 valence electrons. The van der Waals surface area contributed by atoms with Crippen molar-refractivity contribution in [2.45, 2.75) is 13.0 Å². The maximum Gasteiger partial charge on any atom is 0.328 e. The van der Waals surface area contributed by atoms with E-state index < -0.39 is 5.97 Å². The quantitative estimate of drug-likeness (QED) is 0.344. The first-order valence-electron chi connectivity index (χ1n) is 8.56. The fraction of sp³-hybridized carbons (Fsp3) is 0.176. The van der Waals surface area contributed by atoms with E-state index in [1.807, 2.05) is 0 Å². The maximum atomic E-state index is 12.4. The van der Waals surface area contributed by atoms with Crippen LogP contribution in [-0.4, -0.2) is 52.2 Å². The van der Waals surface area contributed by atoms with Gasteiger partial charge in [-0.15, -0.1) is 0 Å². The van der Waals surface area contributed by atoms with Crippen molar-refractivity contribution >= 4 is 23.0 Å². The number of ether oxygens (including phenoxy) is 1. The number of carboxylic acids is 1. The van der Waals surface area contributed by atoms with Crippen LogP contribution in [-0.2, 0) is 11.3 Å². The second-order valence-corrected chi connectivity index (χ2v) is 6.08. The van der Waals surface area contributed by atoms with E-state index in [9.17, 15) is 9.59 Å². The number of nitrogens with one attached hydrogen (secondary N) is 2. The van der Waals surface area contributed by atoms with Gasteiger partial charge in [0, 0.05) is 24.7 Å². The lowest BCUT2D eigenvalue weighted by atomic mass is 10.3. The highest BCUT2D eigenvalue weighted by molar-refractivity contribution is 5.83. The van der Waals surface area contributed by atoms with Gasteiger partial charge in [-0.25, -0.2) is 24.7 Å². The second kappa shape index (κ2) is 7.42. The summed E-state index contributed by atoms with van der Waals surface area (Å²) >= 11 is 0. The topological polar surface area (TPSA) is 178 Å². The molecule has 0 aliphatic heterocycles. The third kappa shape index (κ3) is 3.76. The second-order valence-electron chi connectivity index (χ2n) is 6.08. The number of anilines is 1. The number of rotatable bonds is 7. The van der Waals surface area contributed by atoms with E-state index in [4.69, 9.17) is 15.6 Å². The summed E-state index contributed by atoms with van der Waals surface area (Å²) < 4.78 is 6.68. The molecule has 4 aromatic rings. The number of nitrogen functional groups attached to an aromatic ring is 1. The Labute approximate surface area is 162 Å². The Kier molecular flexibility index (Phi) is 4.65. The van der Waals surface area contributed by atoms with Crippen molar-refractivity contribution in [3.8, 4) is 17.5 Å². The van der Waals surface area contributed by atoms with E-state index in [1.54, 1.807) is 30.7 Å². The zero-order chi connectivity index (χ0) is 20.4. The predicted octanol–water partition coefficient (Wildman–Crippen LogP) is 0.389. The smallest absolute Gasteiger partial charge is 0.328 e. The van der Waals surface area contributed by atoms with Crippen molar-refractivity contribution < 1.29 is 14.6 Å². The molecular formula is C17H16N8O4. The van der Waals surface area contributed by atoms with Gasteiger partial charge in [0.25, 0.3) is 0 Å². The first-order chi connectivity index (χ1) is 14.0. The minimum atomic E-state index is -0.949. The number of hydrogen-bond acceptors (Lipinski definition) is 8. The largest absolute Gasteiger partial charge is 0.481 e. The van der Waals surface area contributed by atoms with Crippen molar-refractivity contribution in [1.82, 2.24) is 34.5 Å². The number of imidazole rings is 2. The number of pyridine rings is 1. The Hall–Kier alpha value is -4.22. The van der Waals surface area contributed by atoms with Crippen LogP contribution in [0.2, 0.25) is 0 Å². The molecule has 29 heavy (non-hydrogen) atoms. The fourth-order valence-electron chi connectivity index (χ4n) is 2.71. The Morgan fingerprint density at radius 3 is 2.83 bits per heavy atom. The summed E-state index contributed by atoms with van der Waals surface area (Å²) in [7, 11) is 0. The van der Waals surface area contributed by atoms with Crippen LogP contribution in [0.1, 0.15) is 12.0 Å². The normalized spacial score (nSPS) is 11.0. The Balaban J connectivity index is 1.61. The van der Waals surface area contributed by atoms with Gasteiger partial charge in [0.15, 0.2) is 23.1 Å². The molecule has 0 unspecified atom stereocenters. The monoisotopic (exact) mass is 396 g/mol. The molecule has 0 bridgehead atoms. The molecule has 0 fully saturated rings. The first-order valence-corrected chi connectivity index (χ1v) is 8.56. The van der Waals surface area contributed by atoms with Crippen LogP contribution >= 0.6 is 0 Å². The van der Waals surface area contributed by atoms with Crippen LogP contribution < -0.4 is 16.2 Å². The number of nitrogens with zero attached hydrogens (tertiary/aromatic N) is 5. The lowest BCUT2D eigenvalue weighted by Crippen LogP contribution is -2.18. The van der Waals surface area contributed by atoms with Gasteiger partial charge in [0.05, 0.1) is 13.0 Å². The summed E-state index contributed by atoms with van der Waals surface area (Å²) in [6, 6.07) is 3.33. The van der Waals surface area contributed by atoms with Crippen LogP contribution in [0, 0.1) is 0 Å². The SMILES string of the molecule is Nc1nc(-c2ncc[nH]2)nc2c1[nH]c(=O)n2Cc1ccc(OCCC(=O)O)nc1. The molecule has 0 spiro atoms. The summed E-state index contributed by atoms with van der Waals surface area (Å²) in [5.41, 5.74) is 6.99. The van der Waals surface area contributed by atoms with Gasteiger partial charge in [0.1, 0.15) is 12.1 Å². The van der Waals surface area contributed by atoms with E-state index in [-0.39, 0.29) is 36.9 Å². The van der Waals surface area contributed by atoms with Crippen LogP contribution in [0.4, 0.5) is 5.82 Å². The lowest BCUT2D eigenvalue weighted by Gasteiger charge is -2.06. The van der Waals surface area contributed by atoms with Gasteiger partial charge in [0.2, 0.25) is 5.88 Å². The Morgan fingerprint density at radius 1 is 1.28 bits per heavy atom. The lowest BCUT2D eigenvalue weighted by molar-refractivity contribution is -0.137. The molecule has 12 nitrogen and oxygen atoms in total. The summed E-state index contributed by atoms with van der Waals surface area (Å²) in [5, 5.41) is 8.63. The maximum absolute atomic E-state index is 12.4. The van der Waals surface area contributed by atoms with E-state index in [0.29, 0.717) is 22.9 Å². The van der Waals surface area contributed by atoms with Crippen LogP contribution in [0.3, 0.4) is 0 Å². The van der Waals surface area contributed by atoms with E-state index in [1.165, 1.54) is 4.57 Å². The average Bonchev–Trinajstić information content (AvgIpc) is 3.32. The molecule has 0 aliphatic rings. The minimum Gasteiger partial charge on any atom is -0.481 e. The molecule has 12 heteroatoms. The highest BCUT2D eigenvalue weighted by Crippen LogP contribution is 2.19. The van der Waals surface area contributed by atoms with E-state index >= 15 is 0 Å².